The van der Waals surface area contributed by atoms with Crippen molar-refractivity contribution >= 4 is 0 Å². The average molecular weight is 221 g/mol. The van der Waals surface area contributed by atoms with E-state index in [4.69, 9.17) is 0 Å². The maximum Gasteiger partial charge on any atom is 0.0921 e. The summed E-state index contributed by atoms with van der Waals surface area (Å²) in [5.41, 5.74) is 1.23. The van der Waals surface area contributed by atoms with Crippen molar-refractivity contribution in [3.63, 3.8) is 0 Å². The molecule has 90 valence electrons. The number of imidazole rings is 1. The molecular weight excluding hydrogens is 198 g/mol. The van der Waals surface area contributed by atoms with Gasteiger partial charge in [0.1, 0.15) is 0 Å². The van der Waals surface area contributed by atoms with Crippen LogP contribution in [-0.2, 0) is 6.42 Å². The van der Waals surface area contributed by atoms with E-state index in [1.165, 1.54) is 25.0 Å². The van der Waals surface area contributed by atoms with Gasteiger partial charge in [-0.2, -0.15) is 0 Å². The molecule has 2 N–H and O–H groups in total. The molecule has 1 heterocycles. The first-order valence-corrected chi connectivity index (χ1v) is 6.46. The molecule has 3 heteroatoms. The quantitative estimate of drug-likeness (QED) is 0.819. The van der Waals surface area contributed by atoms with Crippen LogP contribution in [0.3, 0.4) is 0 Å². The minimum Gasteiger partial charge on any atom is -0.348 e. The molecule has 1 fully saturated rings. The number of hydrogen-bond acceptors (Lipinski definition) is 2. The lowest BCUT2D eigenvalue weighted by Crippen LogP contribution is -2.40. The van der Waals surface area contributed by atoms with Gasteiger partial charge in [0.25, 0.3) is 0 Å². The van der Waals surface area contributed by atoms with Crippen molar-refractivity contribution in [1.82, 2.24) is 15.3 Å². The second-order valence-corrected chi connectivity index (χ2v) is 5.28. The molecule has 1 aliphatic rings. The van der Waals surface area contributed by atoms with Crippen molar-refractivity contribution in [3.8, 4) is 0 Å². The van der Waals surface area contributed by atoms with Gasteiger partial charge in [0.2, 0.25) is 0 Å². The third-order valence-electron chi connectivity index (χ3n) is 3.81. The summed E-state index contributed by atoms with van der Waals surface area (Å²) in [6.07, 6.45) is 8.83. The normalized spacial score (nSPS) is 30.5. The first-order chi connectivity index (χ1) is 7.75. The minimum absolute atomic E-state index is 0.715. The molecule has 3 unspecified atom stereocenters. The first-order valence-electron chi connectivity index (χ1n) is 6.46. The van der Waals surface area contributed by atoms with Crippen LogP contribution in [0.15, 0.2) is 12.5 Å². The Kier molecular flexibility index (Phi) is 3.99. The molecule has 0 spiro atoms. The standard InChI is InChI=1S/C13H23N3/c1-10-3-4-11(2)13(7-10)15-6-5-12-8-14-9-16-12/h8-11,13,15H,3-7H2,1-2H3,(H,14,16). The van der Waals surface area contributed by atoms with Gasteiger partial charge in [0, 0.05) is 30.9 Å². The molecule has 1 aromatic heterocycles. The molecule has 1 aromatic rings. The number of H-pyrrole nitrogens is 1. The molecule has 1 saturated carbocycles. The smallest absolute Gasteiger partial charge is 0.0921 e. The third-order valence-corrected chi connectivity index (χ3v) is 3.81. The van der Waals surface area contributed by atoms with Gasteiger partial charge in [0.15, 0.2) is 0 Å². The highest BCUT2D eigenvalue weighted by molar-refractivity contribution is 4.95. The Bertz CT molecular complexity index is 294. The Labute approximate surface area is 98.1 Å². The van der Waals surface area contributed by atoms with Crippen LogP contribution in [0.25, 0.3) is 0 Å². The fraction of sp³-hybridized carbons (Fsp3) is 0.769. The summed E-state index contributed by atoms with van der Waals surface area (Å²) in [6, 6.07) is 0.715. The van der Waals surface area contributed by atoms with Gasteiger partial charge in [-0.05, 0) is 24.7 Å². The van der Waals surface area contributed by atoms with Gasteiger partial charge in [0.05, 0.1) is 6.33 Å². The maximum absolute atomic E-state index is 4.03. The van der Waals surface area contributed by atoms with Gasteiger partial charge < -0.3 is 10.3 Å². The number of nitrogens with one attached hydrogen (secondary N) is 2. The van der Waals surface area contributed by atoms with E-state index in [1.54, 1.807) is 6.33 Å². The van der Waals surface area contributed by atoms with Crippen LogP contribution in [-0.4, -0.2) is 22.6 Å². The van der Waals surface area contributed by atoms with Gasteiger partial charge in [-0.15, -0.1) is 0 Å². The highest BCUT2D eigenvalue weighted by Crippen LogP contribution is 2.28. The summed E-state index contributed by atoms with van der Waals surface area (Å²) in [5, 5.41) is 3.69. The molecule has 0 aromatic carbocycles. The number of rotatable bonds is 4. The lowest BCUT2D eigenvalue weighted by molar-refractivity contribution is 0.229. The Morgan fingerprint density at radius 1 is 1.44 bits per heavy atom. The van der Waals surface area contributed by atoms with Crippen molar-refractivity contribution in [2.24, 2.45) is 11.8 Å². The Morgan fingerprint density at radius 3 is 3.06 bits per heavy atom. The van der Waals surface area contributed by atoms with E-state index in [9.17, 15) is 0 Å². The summed E-state index contributed by atoms with van der Waals surface area (Å²) >= 11 is 0. The highest BCUT2D eigenvalue weighted by atomic mass is 14.9. The summed E-state index contributed by atoms with van der Waals surface area (Å²) in [4.78, 5) is 7.18. The molecule has 0 amide bonds. The molecular formula is C13H23N3. The zero-order valence-electron chi connectivity index (χ0n) is 10.4. The summed E-state index contributed by atoms with van der Waals surface area (Å²) < 4.78 is 0. The van der Waals surface area contributed by atoms with Crippen molar-refractivity contribution in [2.45, 2.75) is 45.6 Å². The molecule has 16 heavy (non-hydrogen) atoms. The molecule has 2 rings (SSSR count). The first kappa shape index (κ1) is 11.6. The van der Waals surface area contributed by atoms with Crippen LogP contribution < -0.4 is 5.32 Å². The average Bonchev–Trinajstić information content (AvgIpc) is 2.76. The van der Waals surface area contributed by atoms with Crippen LogP contribution in [0, 0.1) is 11.8 Å². The molecule has 3 nitrogen and oxygen atoms in total. The SMILES string of the molecule is CC1CCC(C)C(NCCc2cnc[nH]2)C1. The molecule has 0 saturated heterocycles. The lowest BCUT2D eigenvalue weighted by atomic mass is 9.80. The fourth-order valence-electron chi connectivity index (χ4n) is 2.63. The number of aromatic nitrogens is 2. The molecule has 1 aliphatic carbocycles. The number of nitrogens with zero attached hydrogens (tertiary/aromatic N) is 1. The monoisotopic (exact) mass is 221 g/mol. The van der Waals surface area contributed by atoms with Gasteiger partial charge in [-0.3, -0.25) is 0 Å². The second kappa shape index (κ2) is 5.48. The lowest BCUT2D eigenvalue weighted by Gasteiger charge is -2.33. The van der Waals surface area contributed by atoms with Crippen LogP contribution in [0.1, 0.15) is 38.8 Å². The largest absolute Gasteiger partial charge is 0.348 e. The van der Waals surface area contributed by atoms with Gasteiger partial charge >= 0.3 is 0 Å². The Hall–Kier alpha value is -0.830. The molecule has 0 radical (unpaired) electrons. The zero-order valence-corrected chi connectivity index (χ0v) is 10.4. The number of hydrogen-bond donors (Lipinski definition) is 2. The van der Waals surface area contributed by atoms with E-state index in [0.29, 0.717) is 6.04 Å². The van der Waals surface area contributed by atoms with Crippen molar-refractivity contribution in [2.75, 3.05) is 6.54 Å². The maximum atomic E-state index is 4.03. The van der Waals surface area contributed by atoms with Crippen LogP contribution in [0.2, 0.25) is 0 Å². The molecule has 0 aliphatic heterocycles. The summed E-state index contributed by atoms with van der Waals surface area (Å²) in [7, 11) is 0. The predicted molar refractivity (Wildman–Crippen MR) is 66.3 cm³/mol. The number of aromatic amines is 1. The molecule has 3 atom stereocenters. The Morgan fingerprint density at radius 2 is 2.31 bits per heavy atom. The van der Waals surface area contributed by atoms with Crippen LogP contribution >= 0.6 is 0 Å². The van der Waals surface area contributed by atoms with Crippen LogP contribution in [0.5, 0.6) is 0 Å². The summed E-state index contributed by atoms with van der Waals surface area (Å²) in [5.74, 6) is 1.72. The van der Waals surface area contributed by atoms with E-state index in [0.717, 1.165) is 24.8 Å². The molecule has 0 bridgehead atoms. The van der Waals surface area contributed by atoms with E-state index in [-0.39, 0.29) is 0 Å². The van der Waals surface area contributed by atoms with Gasteiger partial charge in [-0.1, -0.05) is 20.3 Å². The van der Waals surface area contributed by atoms with Gasteiger partial charge in [-0.25, -0.2) is 4.98 Å². The highest BCUT2D eigenvalue weighted by Gasteiger charge is 2.24. The summed E-state index contributed by atoms with van der Waals surface area (Å²) in [6.45, 7) is 5.80. The van der Waals surface area contributed by atoms with E-state index in [2.05, 4.69) is 29.1 Å². The fourth-order valence-corrected chi connectivity index (χ4v) is 2.63. The predicted octanol–water partition coefficient (Wildman–Crippen LogP) is 2.37. The minimum atomic E-state index is 0.715. The topological polar surface area (TPSA) is 40.7 Å². The van der Waals surface area contributed by atoms with Crippen molar-refractivity contribution in [3.05, 3.63) is 18.2 Å². The Balaban J connectivity index is 1.72. The third kappa shape index (κ3) is 3.08. The zero-order chi connectivity index (χ0) is 11.4. The van der Waals surface area contributed by atoms with Crippen molar-refractivity contribution in [1.29, 1.82) is 0 Å². The van der Waals surface area contributed by atoms with Crippen LogP contribution in [0.4, 0.5) is 0 Å². The van der Waals surface area contributed by atoms with E-state index >= 15 is 0 Å². The van der Waals surface area contributed by atoms with E-state index < -0.39 is 0 Å². The van der Waals surface area contributed by atoms with Crippen molar-refractivity contribution < 1.29 is 0 Å². The van der Waals surface area contributed by atoms with E-state index in [1.807, 2.05) is 6.20 Å². The second-order valence-electron chi connectivity index (χ2n) is 5.28.